The van der Waals surface area contributed by atoms with E-state index in [0.29, 0.717) is 19.7 Å². The van der Waals surface area contributed by atoms with E-state index in [9.17, 15) is 17.6 Å². The molecule has 1 unspecified atom stereocenters. The van der Waals surface area contributed by atoms with Gasteiger partial charge < -0.3 is 9.64 Å². The van der Waals surface area contributed by atoms with E-state index in [1.54, 1.807) is 4.90 Å². The van der Waals surface area contributed by atoms with Crippen LogP contribution in [0.2, 0.25) is 0 Å². The van der Waals surface area contributed by atoms with E-state index in [0.717, 1.165) is 34.8 Å². The Morgan fingerprint density at radius 3 is 2.45 bits per heavy atom. The maximum atomic E-state index is 13.1. The molecule has 3 rings (SSSR count). The number of halogens is 1. The van der Waals surface area contributed by atoms with Crippen LogP contribution in [-0.2, 0) is 26.1 Å². The van der Waals surface area contributed by atoms with Crippen LogP contribution in [0.1, 0.15) is 18.4 Å². The Morgan fingerprint density at radius 2 is 1.83 bits per heavy atom. The molecule has 0 saturated carbocycles. The van der Waals surface area contributed by atoms with Gasteiger partial charge in [-0.15, -0.1) is 0 Å². The number of benzene rings is 2. The molecule has 1 amide bonds. The molecule has 8 heteroatoms. The average Bonchev–Trinajstić information content (AvgIpc) is 3.21. The van der Waals surface area contributed by atoms with E-state index in [-0.39, 0.29) is 23.5 Å². The second-order valence-corrected chi connectivity index (χ2v) is 9.15. The molecular formula is C21H25FN2O4S. The van der Waals surface area contributed by atoms with Gasteiger partial charge in [0.25, 0.3) is 0 Å². The lowest BCUT2D eigenvalue weighted by atomic mass is 10.2. The van der Waals surface area contributed by atoms with Gasteiger partial charge in [0.05, 0.1) is 17.5 Å². The van der Waals surface area contributed by atoms with Crippen LogP contribution in [0.15, 0.2) is 59.5 Å². The Kier molecular flexibility index (Phi) is 7.00. The molecule has 0 bridgehead atoms. The summed E-state index contributed by atoms with van der Waals surface area (Å²) in [5, 5.41) is 0. The summed E-state index contributed by atoms with van der Waals surface area (Å²) in [5.41, 5.74) is 0.961. The molecule has 6 nitrogen and oxygen atoms in total. The maximum absolute atomic E-state index is 13.1. The van der Waals surface area contributed by atoms with Gasteiger partial charge in [-0.25, -0.2) is 12.8 Å². The van der Waals surface area contributed by atoms with Crippen LogP contribution in [0.5, 0.6) is 0 Å². The van der Waals surface area contributed by atoms with Crippen LogP contribution in [0.4, 0.5) is 4.39 Å². The number of carbonyl (C=O) groups excluding carboxylic acids is 1. The molecule has 0 aliphatic carbocycles. The standard InChI is InChI=1S/C21H25FN2O4S/c1-23(29(26,27)20-11-9-18(22)10-12-20)16-21(25)24(15-19-8-5-13-28-19)14-17-6-3-2-4-7-17/h2-4,6-7,9-12,19H,5,8,13-16H2,1H3. The Morgan fingerprint density at radius 1 is 1.14 bits per heavy atom. The normalized spacial score (nSPS) is 16.9. The van der Waals surface area contributed by atoms with Crippen molar-refractivity contribution in [3.05, 3.63) is 66.0 Å². The number of ether oxygens (including phenoxy) is 1. The van der Waals surface area contributed by atoms with E-state index < -0.39 is 15.8 Å². The van der Waals surface area contributed by atoms with Crippen LogP contribution >= 0.6 is 0 Å². The van der Waals surface area contributed by atoms with Crippen molar-refractivity contribution in [1.29, 1.82) is 0 Å². The van der Waals surface area contributed by atoms with Crippen molar-refractivity contribution in [3.63, 3.8) is 0 Å². The number of carbonyl (C=O) groups is 1. The van der Waals surface area contributed by atoms with Gasteiger partial charge in [0.1, 0.15) is 5.82 Å². The lowest BCUT2D eigenvalue weighted by molar-refractivity contribution is -0.133. The average molecular weight is 421 g/mol. The fourth-order valence-corrected chi connectivity index (χ4v) is 4.37. The minimum Gasteiger partial charge on any atom is -0.376 e. The Bertz CT molecular complexity index is 913. The predicted octanol–water partition coefficient (Wildman–Crippen LogP) is 2.65. The monoisotopic (exact) mass is 420 g/mol. The summed E-state index contributed by atoms with van der Waals surface area (Å²) >= 11 is 0. The van der Waals surface area contributed by atoms with Gasteiger partial charge in [-0.1, -0.05) is 30.3 Å². The molecule has 0 N–H and O–H groups in total. The molecule has 1 atom stereocenters. The molecule has 29 heavy (non-hydrogen) atoms. The molecule has 1 saturated heterocycles. The van der Waals surface area contributed by atoms with Crippen molar-refractivity contribution < 1.29 is 22.3 Å². The van der Waals surface area contributed by atoms with E-state index in [1.807, 2.05) is 30.3 Å². The van der Waals surface area contributed by atoms with Crippen LogP contribution < -0.4 is 0 Å². The van der Waals surface area contributed by atoms with Gasteiger partial charge in [-0.05, 0) is 42.7 Å². The van der Waals surface area contributed by atoms with E-state index in [4.69, 9.17) is 4.74 Å². The first-order valence-electron chi connectivity index (χ1n) is 9.51. The summed E-state index contributed by atoms with van der Waals surface area (Å²) in [6, 6.07) is 14.1. The van der Waals surface area contributed by atoms with Gasteiger partial charge in [0.15, 0.2) is 0 Å². The molecule has 0 radical (unpaired) electrons. The zero-order chi connectivity index (χ0) is 20.9. The second-order valence-electron chi connectivity index (χ2n) is 7.11. The Balaban J connectivity index is 1.72. The van der Waals surface area contributed by atoms with Crippen molar-refractivity contribution in [3.8, 4) is 0 Å². The number of hydrogen-bond acceptors (Lipinski definition) is 4. The van der Waals surface area contributed by atoms with Crippen molar-refractivity contribution in [2.75, 3.05) is 26.7 Å². The number of sulfonamides is 1. The zero-order valence-electron chi connectivity index (χ0n) is 16.3. The first-order chi connectivity index (χ1) is 13.9. The lowest BCUT2D eigenvalue weighted by Gasteiger charge is -2.27. The van der Waals surface area contributed by atoms with Crippen molar-refractivity contribution in [1.82, 2.24) is 9.21 Å². The van der Waals surface area contributed by atoms with Crippen LogP contribution in [0, 0.1) is 5.82 Å². The fourth-order valence-electron chi connectivity index (χ4n) is 3.25. The minimum atomic E-state index is -3.90. The molecular weight excluding hydrogens is 395 g/mol. The molecule has 0 aromatic heterocycles. The molecule has 2 aromatic carbocycles. The third-order valence-corrected chi connectivity index (χ3v) is 6.71. The largest absolute Gasteiger partial charge is 0.376 e. The molecule has 2 aromatic rings. The maximum Gasteiger partial charge on any atom is 0.243 e. The molecule has 1 heterocycles. The van der Waals surface area contributed by atoms with Crippen LogP contribution in [0.3, 0.4) is 0 Å². The summed E-state index contributed by atoms with van der Waals surface area (Å²) < 4.78 is 45.2. The van der Waals surface area contributed by atoms with Gasteiger partial charge in [0, 0.05) is 26.7 Å². The van der Waals surface area contributed by atoms with Crippen LogP contribution in [0.25, 0.3) is 0 Å². The third-order valence-electron chi connectivity index (χ3n) is 4.90. The van der Waals surface area contributed by atoms with Gasteiger partial charge >= 0.3 is 0 Å². The first kappa shape index (κ1) is 21.4. The molecule has 1 fully saturated rings. The van der Waals surface area contributed by atoms with E-state index in [1.165, 1.54) is 19.2 Å². The smallest absolute Gasteiger partial charge is 0.243 e. The zero-order valence-corrected chi connectivity index (χ0v) is 17.1. The second kappa shape index (κ2) is 9.47. The highest BCUT2D eigenvalue weighted by atomic mass is 32.2. The van der Waals surface area contributed by atoms with Crippen molar-refractivity contribution in [2.24, 2.45) is 0 Å². The van der Waals surface area contributed by atoms with Crippen molar-refractivity contribution in [2.45, 2.75) is 30.4 Å². The Hall–Kier alpha value is -2.29. The van der Waals surface area contributed by atoms with E-state index >= 15 is 0 Å². The summed E-state index contributed by atoms with van der Waals surface area (Å²) in [5.74, 6) is -0.828. The fraction of sp³-hybridized carbons (Fsp3) is 0.381. The quantitative estimate of drug-likeness (QED) is 0.659. The SMILES string of the molecule is CN(CC(=O)N(Cc1ccccc1)CC1CCCO1)S(=O)(=O)c1ccc(F)cc1. The van der Waals surface area contributed by atoms with E-state index in [2.05, 4.69) is 0 Å². The Labute approximate surface area is 170 Å². The molecule has 156 valence electrons. The minimum absolute atomic E-state index is 0.0401. The molecule has 1 aliphatic heterocycles. The number of amides is 1. The third kappa shape index (κ3) is 5.62. The highest BCUT2D eigenvalue weighted by Crippen LogP contribution is 2.18. The molecule has 0 spiro atoms. The highest BCUT2D eigenvalue weighted by molar-refractivity contribution is 7.89. The summed E-state index contributed by atoms with van der Waals surface area (Å²) in [4.78, 5) is 14.6. The number of nitrogens with zero attached hydrogens (tertiary/aromatic N) is 2. The van der Waals surface area contributed by atoms with Crippen LogP contribution in [-0.4, -0.2) is 56.4 Å². The van der Waals surface area contributed by atoms with Gasteiger partial charge in [-0.2, -0.15) is 4.31 Å². The number of rotatable bonds is 8. The van der Waals surface area contributed by atoms with Gasteiger partial charge in [-0.3, -0.25) is 4.79 Å². The summed E-state index contributed by atoms with van der Waals surface area (Å²) in [6.07, 6.45) is 1.79. The topological polar surface area (TPSA) is 66.9 Å². The molecule has 1 aliphatic rings. The summed E-state index contributed by atoms with van der Waals surface area (Å²) in [6.45, 7) is 1.16. The van der Waals surface area contributed by atoms with Gasteiger partial charge in [0.2, 0.25) is 15.9 Å². The summed E-state index contributed by atoms with van der Waals surface area (Å²) in [7, 11) is -2.55. The first-order valence-corrected chi connectivity index (χ1v) is 11.0. The predicted molar refractivity (Wildman–Crippen MR) is 107 cm³/mol. The number of hydrogen-bond donors (Lipinski definition) is 0. The lowest BCUT2D eigenvalue weighted by Crippen LogP contribution is -2.43. The van der Waals surface area contributed by atoms with Crippen molar-refractivity contribution >= 4 is 15.9 Å². The highest BCUT2D eigenvalue weighted by Gasteiger charge is 2.27. The number of likely N-dealkylation sites (N-methyl/N-ethyl adjacent to an activating group) is 1.